The SMILES string of the molecule is CCC1CC(CN)(N(C)Cc2ccc(Cl)cc2)CCO1. The Hall–Kier alpha value is -0.610. The quantitative estimate of drug-likeness (QED) is 0.907. The van der Waals surface area contributed by atoms with Crippen LogP contribution in [0.15, 0.2) is 24.3 Å². The van der Waals surface area contributed by atoms with Gasteiger partial charge in [-0.1, -0.05) is 30.7 Å². The van der Waals surface area contributed by atoms with Crippen molar-refractivity contribution in [2.75, 3.05) is 20.2 Å². The number of likely N-dealkylation sites (N-methyl/N-ethyl adjacent to an activating group) is 1. The van der Waals surface area contributed by atoms with Crippen LogP contribution >= 0.6 is 11.6 Å². The topological polar surface area (TPSA) is 38.5 Å². The molecule has 0 bridgehead atoms. The summed E-state index contributed by atoms with van der Waals surface area (Å²) in [6.45, 7) is 4.55. The van der Waals surface area contributed by atoms with E-state index in [-0.39, 0.29) is 5.54 Å². The summed E-state index contributed by atoms with van der Waals surface area (Å²) in [4.78, 5) is 2.39. The van der Waals surface area contributed by atoms with Gasteiger partial charge in [-0.25, -0.2) is 0 Å². The largest absolute Gasteiger partial charge is 0.378 e. The number of hydrogen-bond donors (Lipinski definition) is 1. The molecule has 1 heterocycles. The summed E-state index contributed by atoms with van der Waals surface area (Å²) in [7, 11) is 2.17. The van der Waals surface area contributed by atoms with Gasteiger partial charge in [-0.15, -0.1) is 0 Å². The summed E-state index contributed by atoms with van der Waals surface area (Å²) in [6.07, 6.45) is 3.41. The Morgan fingerprint density at radius 1 is 1.40 bits per heavy atom. The van der Waals surface area contributed by atoms with Gasteiger partial charge in [0.05, 0.1) is 6.10 Å². The van der Waals surface area contributed by atoms with Crippen molar-refractivity contribution in [1.29, 1.82) is 0 Å². The van der Waals surface area contributed by atoms with Crippen LogP contribution in [0.4, 0.5) is 0 Å². The zero-order valence-electron chi connectivity index (χ0n) is 12.4. The highest BCUT2D eigenvalue weighted by Crippen LogP contribution is 2.31. The minimum atomic E-state index is 0.0541. The third kappa shape index (κ3) is 3.53. The van der Waals surface area contributed by atoms with Crippen molar-refractivity contribution in [3.8, 4) is 0 Å². The molecular formula is C16H25ClN2O. The minimum absolute atomic E-state index is 0.0541. The zero-order valence-corrected chi connectivity index (χ0v) is 13.2. The van der Waals surface area contributed by atoms with E-state index in [0.717, 1.165) is 37.4 Å². The zero-order chi connectivity index (χ0) is 14.6. The fourth-order valence-electron chi connectivity index (χ4n) is 2.98. The second-order valence-electron chi connectivity index (χ2n) is 5.77. The lowest BCUT2D eigenvalue weighted by molar-refractivity contribution is -0.0671. The highest BCUT2D eigenvalue weighted by Gasteiger charge is 2.38. The first kappa shape index (κ1) is 15.8. The van der Waals surface area contributed by atoms with Crippen LogP contribution in [-0.4, -0.2) is 36.7 Å². The molecule has 2 rings (SSSR count). The van der Waals surface area contributed by atoms with E-state index in [9.17, 15) is 0 Å². The highest BCUT2D eigenvalue weighted by molar-refractivity contribution is 6.30. The van der Waals surface area contributed by atoms with Gasteiger partial charge < -0.3 is 10.5 Å². The number of hydrogen-bond acceptors (Lipinski definition) is 3. The molecule has 0 spiro atoms. The summed E-state index contributed by atoms with van der Waals surface area (Å²) in [5, 5.41) is 0.780. The second-order valence-corrected chi connectivity index (χ2v) is 6.20. The van der Waals surface area contributed by atoms with Crippen LogP contribution in [0.3, 0.4) is 0 Å². The molecule has 3 nitrogen and oxygen atoms in total. The predicted octanol–water partition coefficient (Wildman–Crippen LogP) is 3.06. The number of halogens is 1. The first-order valence-electron chi connectivity index (χ1n) is 7.37. The molecule has 20 heavy (non-hydrogen) atoms. The highest BCUT2D eigenvalue weighted by atomic mass is 35.5. The molecule has 0 radical (unpaired) electrons. The number of ether oxygens (including phenoxy) is 1. The fourth-order valence-corrected chi connectivity index (χ4v) is 3.11. The van der Waals surface area contributed by atoms with E-state index < -0.39 is 0 Å². The van der Waals surface area contributed by atoms with Gasteiger partial charge in [0.15, 0.2) is 0 Å². The Kier molecular flexibility index (Phi) is 5.44. The first-order chi connectivity index (χ1) is 9.59. The minimum Gasteiger partial charge on any atom is -0.378 e. The molecule has 1 aliphatic rings. The molecule has 1 aromatic rings. The average Bonchev–Trinajstić information content (AvgIpc) is 2.49. The van der Waals surface area contributed by atoms with Crippen molar-refractivity contribution in [2.45, 2.75) is 44.4 Å². The van der Waals surface area contributed by atoms with Crippen LogP contribution in [0.25, 0.3) is 0 Å². The summed E-state index contributed by atoms with van der Waals surface area (Å²) >= 11 is 5.94. The van der Waals surface area contributed by atoms with Gasteiger partial charge in [0.2, 0.25) is 0 Å². The standard InChI is InChI=1S/C16H25ClN2O/c1-3-15-10-16(12-18,8-9-20-15)19(2)11-13-4-6-14(17)7-5-13/h4-7,15H,3,8-12,18H2,1-2H3. The molecule has 0 saturated carbocycles. The average molecular weight is 297 g/mol. The Balaban J connectivity index is 2.08. The molecule has 112 valence electrons. The molecule has 1 aromatic carbocycles. The van der Waals surface area contributed by atoms with Gasteiger partial charge in [-0.3, -0.25) is 4.90 Å². The van der Waals surface area contributed by atoms with E-state index in [1.54, 1.807) is 0 Å². The molecule has 0 aliphatic carbocycles. The summed E-state index contributed by atoms with van der Waals surface area (Å²) in [6, 6.07) is 8.05. The van der Waals surface area contributed by atoms with E-state index in [1.807, 2.05) is 12.1 Å². The van der Waals surface area contributed by atoms with Crippen LogP contribution in [0.2, 0.25) is 5.02 Å². The lowest BCUT2D eigenvalue weighted by Gasteiger charge is -2.46. The Morgan fingerprint density at radius 2 is 2.10 bits per heavy atom. The molecule has 1 fully saturated rings. The summed E-state index contributed by atoms with van der Waals surface area (Å²) in [5.41, 5.74) is 7.44. The van der Waals surface area contributed by atoms with Crippen LogP contribution in [0.5, 0.6) is 0 Å². The lowest BCUT2D eigenvalue weighted by Crippen LogP contribution is -2.56. The van der Waals surface area contributed by atoms with Crippen molar-refractivity contribution in [2.24, 2.45) is 5.73 Å². The number of benzene rings is 1. The Morgan fingerprint density at radius 3 is 2.70 bits per heavy atom. The van der Waals surface area contributed by atoms with Crippen LogP contribution in [0, 0.1) is 0 Å². The Labute approximate surface area is 127 Å². The predicted molar refractivity (Wildman–Crippen MR) is 84.0 cm³/mol. The molecule has 1 aliphatic heterocycles. The molecule has 2 atom stereocenters. The van der Waals surface area contributed by atoms with Gasteiger partial charge >= 0.3 is 0 Å². The van der Waals surface area contributed by atoms with E-state index in [2.05, 4.69) is 31.0 Å². The van der Waals surface area contributed by atoms with Crippen LogP contribution in [0.1, 0.15) is 31.7 Å². The van der Waals surface area contributed by atoms with E-state index in [4.69, 9.17) is 22.1 Å². The van der Waals surface area contributed by atoms with Crippen molar-refractivity contribution < 1.29 is 4.74 Å². The lowest BCUT2D eigenvalue weighted by atomic mass is 9.84. The van der Waals surface area contributed by atoms with Crippen LogP contribution < -0.4 is 5.73 Å². The molecule has 1 saturated heterocycles. The molecule has 4 heteroatoms. The Bertz CT molecular complexity index is 423. The third-order valence-electron chi connectivity index (χ3n) is 4.51. The number of rotatable bonds is 5. The maximum atomic E-state index is 6.12. The summed E-state index contributed by atoms with van der Waals surface area (Å²) in [5.74, 6) is 0. The molecule has 2 N–H and O–H groups in total. The number of nitrogens with zero attached hydrogens (tertiary/aromatic N) is 1. The van der Waals surface area contributed by atoms with Gasteiger partial charge in [-0.05, 0) is 44.0 Å². The monoisotopic (exact) mass is 296 g/mol. The maximum Gasteiger partial charge on any atom is 0.0590 e. The van der Waals surface area contributed by atoms with Crippen LogP contribution in [-0.2, 0) is 11.3 Å². The summed E-state index contributed by atoms with van der Waals surface area (Å²) < 4.78 is 5.80. The molecule has 0 amide bonds. The molecule has 0 aromatic heterocycles. The van der Waals surface area contributed by atoms with Crippen molar-refractivity contribution in [3.63, 3.8) is 0 Å². The first-order valence-corrected chi connectivity index (χ1v) is 7.75. The molecular weight excluding hydrogens is 272 g/mol. The third-order valence-corrected chi connectivity index (χ3v) is 4.76. The van der Waals surface area contributed by atoms with E-state index in [0.29, 0.717) is 12.6 Å². The van der Waals surface area contributed by atoms with Crippen molar-refractivity contribution in [3.05, 3.63) is 34.9 Å². The van der Waals surface area contributed by atoms with Crippen molar-refractivity contribution >= 4 is 11.6 Å². The smallest absolute Gasteiger partial charge is 0.0590 e. The normalized spacial score (nSPS) is 26.9. The van der Waals surface area contributed by atoms with Gasteiger partial charge in [0.1, 0.15) is 0 Å². The maximum absolute atomic E-state index is 6.12. The van der Waals surface area contributed by atoms with Gasteiger partial charge in [-0.2, -0.15) is 0 Å². The number of nitrogens with two attached hydrogens (primary N) is 1. The van der Waals surface area contributed by atoms with Crippen molar-refractivity contribution in [1.82, 2.24) is 4.90 Å². The van der Waals surface area contributed by atoms with Gasteiger partial charge in [0, 0.05) is 30.3 Å². The molecule has 2 unspecified atom stereocenters. The van der Waals surface area contributed by atoms with Gasteiger partial charge in [0.25, 0.3) is 0 Å². The fraction of sp³-hybridized carbons (Fsp3) is 0.625. The second kappa shape index (κ2) is 6.90. The van der Waals surface area contributed by atoms with E-state index in [1.165, 1.54) is 5.56 Å². The van der Waals surface area contributed by atoms with E-state index >= 15 is 0 Å².